The van der Waals surface area contributed by atoms with E-state index in [-0.39, 0.29) is 5.91 Å². The minimum atomic E-state index is -0.000365. The van der Waals surface area contributed by atoms with Gasteiger partial charge in [-0.3, -0.25) is 4.79 Å². The lowest BCUT2D eigenvalue weighted by atomic mass is 10.0. The van der Waals surface area contributed by atoms with E-state index in [1.807, 2.05) is 67.6 Å². The van der Waals surface area contributed by atoms with E-state index in [0.29, 0.717) is 12.1 Å². The van der Waals surface area contributed by atoms with E-state index in [4.69, 9.17) is 4.74 Å². The van der Waals surface area contributed by atoms with E-state index in [1.54, 1.807) is 19.1 Å². The van der Waals surface area contributed by atoms with Crippen LogP contribution in [0.25, 0.3) is 11.6 Å². The number of methoxy groups -OCH3 is 1. The molecule has 0 radical (unpaired) electrons. The molecule has 2 aromatic rings. The van der Waals surface area contributed by atoms with Crippen molar-refractivity contribution in [3.05, 3.63) is 65.7 Å². The van der Waals surface area contributed by atoms with Crippen LogP contribution in [0.4, 0.5) is 0 Å². The van der Waals surface area contributed by atoms with Crippen molar-refractivity contribution in [3.8, 4) is 5.75 Å². The minimum absolute atomic E-state index is 0.000365. The van der Waals surface area contributed by atoms with Crippen LogP contribution in [-0.4, -0.2) is 31.5 Å². The summed E-state index contributed by atoms with van der Waals surface area (Å²) in [7, 11) is 3.44. The third-order valence-corrected chi connectivity index (χ3v) is 3.58. The van der Waals surface area contributed by atoms with Gasteiger partial charge in [-0.2, -0.15) is 0 Å². The molecule has 0 saturated heterocycles. The lowest BCUT2D eigenvalue weighted by Crippen LogP contribution is -2.27. The van der Waals surface area contributed by atoms with Gasteiger partial charge in [0.25, 0.3) is 5.91 Å². The number of amides is 1. The Morgan fingerprint density at radius 3 is 2.36 bits per heavy atom. The fourth-order valence-electron chi connectivity index (χ4n) is 2.18. The quantitative estimate of drug-likeness (QED) is 0.621. The van der Waals surface area contributed by atoms with Gasteiger partial charge in [-0.25, -0.2) is 0 Å². The summed E-state index contributed by atoms with van der Waals surface area (Å²) in [5.74, 6) is 0.752. The van der Waals surface area contributed by atoms with Gasteiger partial charge >= 0.3 is 0 Å². The van der Waals surface area contributed by atoms with Crippen molar-refractivity contribution in [1.82, 2.24) is 4.90 Å². The number of carbonyl (C=O) groups is 1. The summed E-state index contributed by atoms with van der Waals surface area (Å²) in [4.78, 5) is 14.4. The number of nitrogens with zero attached hydrogens (tertiary/aromatic N) is 1. The minimum Gasteiger partial charge on any atom is -0.496 e. The Morgan fingerprint density at radius 2 is 1.73 bits per heavy atom. The largest absolute Gasteiger partial charge is 0.496 e. The van der Waals surface area contributed by atoms with Crippen LogP contribution in [-0.2, 0) is 4.79 Å². The smallest absolute Gasteiger partial charge is 0.254 e. The molecule has 0 atom stereocenters. The highest BCUT2D eigenvalue weighted by Gasteiger charge is 2.16. The number of benzene rings is 2. The highest BCUT2D eigenvalue weighted by Crippen LogP contribution is 2.25. The molecule has 0 bridgehead atoms. The summed E-state index contributed by atoms with van der Waals surface area (Å²) in [6.45, 7) is 2.62. The maximum atomic E-state index is 12.7. The second-order valence-corrected chi connectivity index (χ2v) is 4.99. The first-order chi connectivity index (χ1) is 10.7. The van der Waals surface area contributed by atoms with Crippen molar-refractivity contribution in [2.75, 3.05) is 20.7 Å². The fraction of sp³-hybridized carbons (Fsp3) is 0.211. The molecule has 0 N–H and O–H groups in total. The van der Waals surface area contributed by atoms with E-state index in [1.165, 1.54) is 0 Å². The van der Waals surface area contributed by atoms with Crippen molar-refractivity contribution >= 4 is 17.6 Å². The molecular weight excluding hydrogens is 274 g/mol. The summed E-state index contributed by atoms with van der Waals surface area (Å²) < 4.78 is 5.38. The van der Waals surface area contributed by atoms with Gasteiger partial charge in [0.05, 0.1) is 7.11 Å². The number of ether oxygens (including phenoxy) is 1. The first-order valence-corrected chi connectivity index (χ1v) is 7.33. The molecule has 1 amide bonds. The molecule has 0 aliphatic heterocycles. The van der Waals surface area contributed by atoms with E-state index < -0.39 is 0 Å². The zero-order valence-corrected chi connectivity index (χ0v) is 13.2. The molecule has 0 fully saturated rings. The molecule has 0 aromatic heterocycles. The molecule has 0 aliphatic carbocycles. The molecule has 0 saturated carbocycles. The van der Waals surface area contributed by atoms with Gasteiger partial charge in [0.15, 0.2) is 0 Å². The Hall–Kier alpha value is -2.55. The van der Waals surface area contributed by atoms with Crippen LogP contribution in [0.5, 0.6) is 5.75 Å². The van der Waals surface area contributed by atoms with Crippen molar-refractivity contribution < 1.29 is 9.53 Å². The Balaban J connectivity index is 2.53. The number of rotatable bonds is 5. The average Bonchev–Trinajstić information content (AvgIpc) is 2.59. The van der Waals surface area contributed by atoms with Crippen molar-refractivity contribution in [2.24, 2.45) is 0 Å². The van der Waals surface area contributed by atoms with E-state index >= 15 is 0 Å². The first kappa shape index (κ1) is 15.8. The molecular formula is C19H21NO2. The Bertz CT molecular complexity index is 662. The van der Waals surface area contributed by atoms with Crippen LogP contribution >= 0.6 is 0 Å². The molecule has 2 rings (SSSR count). The van der Waals surface area contributed by atoms with Crippen LogP contribution < -0.4 is 4.74 Å². The van der Waals surface area contributed by atoms with Gasteiger partial charge in [0.1, 0.15) is 5.75 Å². The van der Waals surface area contributed by atoms with Crippen LogP contribution in [0.1, 0.15) is 18.1 Å². The molecule has 2 aromatic carbocycles. The molecule has 0 heterocycles. The van der Waals surface area contributed by atoms with Crippen molar-refractivity contribution in [3.63, 3.8) is 0 Å². The average molecular weight is 295 g/mol. The topological polar surface area (TPSA) is 29.5 Å². The van der Waals surface area contributed by atoms with E-state index in [0.717, 1.165) is 16.9 Å². The molecule has 0 aliphatic rings. The number of hydrogen-bond donors (Lipinski definition) is 0. The second kappa shape index (κ2) is 7.46. The van der Waals surface area contributed by atoms with Gasteiger partial charge < -0.3 is 9.64 Å². The summed E-state index contributed by atoms with van der Waals surface area (Å²) >= 11 is 0. The van der Waals surface area contributed by atoms with Gasteiger partial charge in [-0.15, -0.1) is 0 Å². The predicted octanol–water partition coefficient (Wildman–Crippen LogP) is 3.71. The third kappa shape index (κ3) is 3.55. The first-order valence-electron chi connectivity index (χ1n) is 7.33. The summed E-state index contributed by atoms with van der Waals surface area (Å²) in [5.41, 5.74) is 2.45. The summed E-state index contributed by atoms with van der Waals surface area (Å²) in [6.07, 6.45) is 1.89. The third-order valence-electron chi connectivity index (χ3n) is 3.58. The number of likely N-dealkylation sites (N-methyl/N-ethyl adjacent to an activating group) is 1. The highest BCUT2D eigenvalue weighted by atomic mass is 16.5. The number of carbonyl (C=O) groups excluding carboxylic acids is 1. The van der Waals surface area contributed by atoms with Gasteiger partial charge in [0.2, 0.25) is 0 Å². The van der Waals surface area contributed by atoms with Crippen molar-refractivity contribution in [1.29, 1.82) is 0 Å². The Morgan fingerprint density at radius 1 is 1.09 bits per heavy atom. The molecule has 0 unspecified atom stereocenters. The second-order valence-electron chi connectivity index (χ2n) is 4.99. The Labute approximate surface area is 131 Å². The van der Waals surface area contributed by atoms with E-state index in [2.05, 4.69) is 0 Å². The SMILES string of the molecule is CCN(C)C(=O)/C(=C/c1ccccc1OC)c1ccccc1. The maximum absolute atomic E-state index is 12.7. The molecule has 0 spiro atoms. The van der Waals surface area contributed by atoms with Crippen LogP contribution in [0.3, 0.4) is 0 Å². The van der Waals surface area contributed by atoms with Gasteiger partial charge in [0, 0.05) is 24.7 Å². The number of para-hydroxylation sites is 1. The highest BCUT2D eigenvalue weighted by molar-refractivity contribution is 6.24. The zero-order valence-electron chi connectivity index (χ0n) is 13.2. The Kier molecular flexibility index (Phi) is 5.37. The van der Waals surface area contributed by atoms with Gasteiger partial charge in [-0.1, -0.05) is 48.5 Å². The molecule has 22 heavy (non-hydrogen) atoms. The molecule has 114 valence electrons. The number of hydrogen-bond acceptors (Lipinski definition) is 2. The van der Waals surface area contributed by atoms with Crippen LogP contribution in [0.2, 0.25) is 0 Å². The lowest BCUT2D eigenvalue weighted by Gasteiger charge is -2.17. The monoisotopic (exact) mass is 295 g/mol. The zero-order chi connectivity index (χ0) is 15.9. The maximum Gasteiger partial charge on any atom is 0.254 e. The normalized spacial score (nSPS) is 11.1. The van der Waals surface area contributed by atoms with Crippen LogP contribution in [0, 0.1) is 0 Å². The van der Waals surface area contributed by atoms with Gasteiger partial charge in [-0.05, 0) is 24.6 Å². The van der Waals surface area contributed by atoms with Crippen molar-refractivity contribution in [2.45, 2.75) is 6.92 Å². The fourth-order valence-corrected chi connectivity index (χ4v) is 2.18. The predicted molar refractivity (Wildman–Crippen MR) is 90.6 cm³/mol. The standard InChI is InChI=1S/C19H21NO2/c1-4-20(2)19(21)17(15-10-6-5-7-11-15)14-16-12-8-9-13-18(16)22-3/h5-14H,4H2,1-3H3/b17-14+. The summed E-state index contributed by atoms with van der Waals surface area (Å²) in [5, 5.41) is 0. The van der Waals surface area contributed by atoms with Crippen LogP contribution in [0.15, 0.2) is 54.6 Å². The molecule has 3 heteroatoms. The van der Waals surface area contributed by atoms with E-state index in [9.17, 15) is 4.79 Å². The lowest BCUT2D eigenvalue weighted by molar-refractivity contribution is -0.123. The summed E-state index contributed by atoms with van der Waals surface area (Å²) in [6, 6.07) is 17.4. The molecule has 3 nitrogen and oxygen atoms in total.